The number of anilines is 3. The summed E-state index contributed by atoms with van der Waals surface area (Å²) in [5, 5.41) is 24.9. The van der Waals surface area contributed by atoms with Crippen LogP contribution in [0, 0.1) is 17.1 Å². The molecule has 2 heterocycles. The normalized spacial score (nSPS) is 19.1. The largest absolute Gasteiger partial charge is 0.481 e. The van der Waals surface area contributed by atoms with Gasteiger partial charge in [0.15, 0.2) is 0 Å². The van der Waals surface area contributed by atoms with Gasteiger partial charge < -0.3 is 20.5 Å². The summed E-state index contributed by atoms with van der Waals surface area (Å²) in [5.41, 5.74) is 2.00. The first-order chi connectivity index (χ1) is 15.4. The zero-order chi connectivity index (χ0) is 23.1. The molecule has 3 rings (SSSR count). The second-order valence-electron chi connectivity index (χ2n) is 8.06. The molecule has 7 nitrogen and oxygen atoms in total. The lowest BCUT2D eigenvalue weighted by atomic mass is 9.91. The summed E-state index contributed by atoms with van der Waals surface area (Å²) < 4.78 is 20.9. The monoisotopic (exact) mass is 440 g/mol. The topological polar surface area (TPSA) is 107 Å². The van der Waals surface area contributed by atoms with Gasteiger partial charge in [-0.05, 0) is 61.4 Å². The average Bonchev–Trinajstić information content (AvgIpc) is 2.79. The predicted molar refractivity (Wildman–Crippen MR) is 121 cm³/mol. The van der Waals surface area contributed by atoms with Crippen molar-refractivity contribution in [2.24, 2.45) is 0 Å². The third-order valence-electron chi connectivity index (χ3n) is 5.83. The highest BCUT2D eigenvalue weighted by molar-refractivity contribution is 5.75. The maximum atomic E-state index is 15.1. The molecule has 3 N–H and O–H groups in total. The van der Waals surface area contributed by atoms with Gasteiger partial charge in [-0.15, -0.1) is 0 Å². The van der Waals surface area contributed by atoms with Crippen LogP contribution in [0.15, 0.2) is 30.5 Å². The lowest BCUT2D eigenvalue weighted by Crippen LogP contribution is -2.33. The van der Waals surface area contributed by atoms with E-state index in [2.05, 4.69) is 22.5 Å². The van der Waals surface area contributed by atoms with Gasteiger partial charge in [-0.2, -0.15) is 5.26 Å². The van der Waals surface area contributed by atoms with Gasteiger partial charge in [0.05, 0.1) is 29.5 Å². The molecule has 8 heteroatoms. The molecule has 0 spiro atoms. The Morgan fingerprint density at radius 1 is 1.38 bits per heavy atom. The molecule has 3 unspecified atom stereocenters. The highest BCUT2D eigenvalue weighted by atomic mass is 19.1. The van der Waals surface area contributed by atoms with Crippen LogP contribution in [0.25, 0.3) is 0 Å². The Balaban J connectivity index is 1.95. The Kier molecular flexibility index (Phi) is 8.01. The molecule has 1 fully saturated rings. The van der Waals surface area contributed by atoms with Crippen LogP contribution in [-0.2, 0) is 9.53 Å². The Morgan fingerprint density at radius 3 is 2.81 bits per heavy atom. The lowest BCUT2D eigenvalue weighted by molar-refractivity contribution is -0.137. The van der Waals surface area contributed by atoms with Crippen molar-refractivity contribution >= 4 is 23.2 Å². The van der Waals surface area contributed by atoms with Crippen molar-refractivity contribution in [2.45, 2.75) is 64.0 Å². The van der Waals surface area contributed by atoms with E-state index in [0.29, 0.717) is 41.3 Å². The lowest BCUT2D eigenvalue weighted by Gasteiger charge is -2.31. The van der Waals surface area contributed by atoms with Crippen LogP contribution in [0.2, 0.25) is 0 Å². The third kappa shape index (κ3) is 5.95. The van der Waals surface area contributed by atoms with Crippen LogP contribution in [0.3, 0.4) is 0 Å². The smallest absolute Gasteiger partial charge is 0.303 e. The minimum atomic E-state index is -0.963. The van der Waals surface area contributed by atoms with E-state index in [4.69, 9.17) is 10.00 Å². The number of ether oxygens (including phenoxy) is 1. The van der Waals surface area contributed by atoms with Gasteiger partial charge in [0.1, 0.15) is 17.7 Å². The van der Waals surface area contributed by atoms with Crippen molar-refractivity contribution in [3.05, 3.63) is 47.4 Å². The number of pyridine rings is 1. The fraction of sp³-hybridized carbons (Fsp3) is 0.458. The number of nitrogens with zero attached hydrogens (tertiary/aromatic N) is 2. The molecule has 0 bridgehead atoms. The van der Waals surface area contributed by atoms with Crippen molar-refractivity contribution < 1.29 is 19.0 Å². The van der Waals surface area contributed by atoms with Crippen LogP contribution in [0.5, 0.6) is 0 Å². The number of nitrogens with one attached hydrogen (secondary N) is 2. The summed E-state index contributed by atoms with van der Waals surface area (Å²) in [6.45, 7) is 4.58. The van der Waals surface area contributed by atoms with Crippen molar-refractivity contribution in [2.75, 3.05) is 17.2 Å². The molecule has 2 aromatic rings. The predicted octanol–water partition coefficient (Wildman–Crippen LogP) is 5.17. The van der Waals surface area contributed by atoms with E-state index in [0.717, 1.165) is 19.3 Å². The number of carbonyl (C=O) groups is 1. The molecule has 1 aliphatic heterocycles. The quantitative estimate of drug-likeness (QED) is 0.493. The number of halogens is 1. The summed E-state index contributed by atoms with van der Waals surface area (Å²) in [7, 11) is 0. The van der Waals surface area contributed by atoms with E-state index in [-0.39, 0.29) is 18.6 Å². The number of nitriles is 1. The van der Waals surface area contributed by atoms with Crippen LogP contribution >= 0.6 is 0 Å². The van der Waals surface area contributed by atoms with E-state index in [1.54, 1.807) is 18.2 Å². The standard InChI is InChI=1S/C24H29FN4O3/c1-3-16(9-24(30)31)19-11-21(29-23-6-5-15(13-26)14-27-23)22(12-20(19)25)28-17-7-8-32-18(4-2)10-17/h5-6,11-12,14,16-18,28H,3-4,7-10H2,1-2H3,(H,27,29)(H,30,31). The number of hydrogen-bond acceptors (Lipinski definition) is 6. The number of aliphatic carboxylic acids is 1. The summed E-state index contributed by atoms with van der Waals surface area (Å²) in [4.78, 5) is 15.5. The van der Waals surface area contributed by atoms with Gasteiger partial charge in [0.2, 0.25) is 0 Å². The first-order valence-corrected chi connectivity index (χ1v) is 11.0. The molecule has 3 atom stereocenters. The van der Waals surface area contributed by atoms with Gasteiger partial charge in [0, 0.05) is 18.8 Å². The SMILES string of the molecule is CCC1CC(Nc2cc(F)c(C(CC)CC(=O)O)cc2Nc2ccc(C#N)cn2)CCO1. The number of carboxylic acids is 1. The van der Waals surface area contributed by atoms with E-state index >= 15 is 4.39 Å². The molecule has 0 aliphatic carbocycles. The fourth-order valence-corrected chi connectivity index (χ4v) is 4.00. The van der Waals surface area contributed by atoms with Crippen molar-refractivity contribution in [3.63, 3.8) is 0 Å². The number of rotatable bonds is 9. The van der Waals surface area contributed by atoms with Crippen molar-refractivity contribution in [3.8, 4) is 6.07 Å². The Morgan fingerprint density at radius 2 is 2.19 bits per heavy atom. The van der Waals surface area contributed by atoms with Gasteiger partial charge in [-0.25, -0.2) is 9.37 Å². The summed E-state index contributed by atoms with van der Waals surface area (Å²) >= 11 is 0. The minimum Gasteiger partial charge on any atom is -0.481 e. The van der Waals surface area contributed by atoms with Crippen LogP contribution < -0.4 is 10.6 Å². The molecule has 1 aliphatic rings. The molecule has 0 radical (unpaired) electrons. The van der Waals surface area contributed by atoms with E-state index in [1.807, 2.05) is 13.0 Å². The van der Waals surface area contributed by atoms with Gasteiger partial charge in [-0.1, -0.05) is 13.8 Å². The average molecular weight is 441 g/mol. The Labute approximate surface area is 187 Å². The Bertz CT molecular complexity index is 974. The maximum absolute atomic E-state index is 15.1. The molecular formula is C24H29FN4O3. The Hall–Kier alpha value is -3.18. The van der Waals surface area contributed by atoms with Gasteiger partial charge in [0.25, 0.3) is 0 Å². The first kappa shape index (κ1) is 23.5. The molecule has 170 valence electrons. The van der Waals surface area contributed by atoms with E-state index < -0.39 is 17.7 Å². The number of aromatic nitrogens is 1. The van der Waals surface area contributed by atoms with Gasteiger partial charge >= 0.3 is 5.97 Å². The van der Waals surface area contributed by atoms with Crippen molar-refractivity contribution in [1.29, 1.82) is 5.26 Å². The number of carboxylic acid groups (broad SMARTS) is 1. The van der Waals surface area contributed by atoms with Gasteiger partial charge in [-0.3, -0.25) is 4.79 Å². The van der Waals surface area contributed by atoms with E-state index in [9.17, 15) is 9.90 Å². The molecule has 1 saturated heterocycles. The highest BCUT2D eigenvalue weighted by Gasteiger charge is 2.24. The van der Waals surface area contributed by atoms with E-state index in [1.165, 1.54) is 12.3 Å². The summed E-state index contributed by atoms with van der Waals surface area (Å²) in [6.07, 6.45) is 4.54. The number of hydrogen-bond donors (Lipinski definition) is 3. The molecule has 0 saturated carbocycles. The summed E-state index contributed by atoms with van der Waals surface area (Å²) in [6, 6.07) is 8.60. The van der Waals surface area contributed by atoms with Crippen LogP contribution in [-0.4, -0.2) is 34.8 Å². The zero-order valence-corrected chi connectivity index (χ0v) is 18.4. The van der Waals surface area contributed by atoms with Crippen molar-refractivity contribution in [1.82, 2.24) is 4.98 Å². The molecular weight excluding hydrogens is 411 g/mol. The minimum absolute atomic E-state index is 0.134. The molecule has 0 amide bonds. The maximum Gasteiger partial charge on any atom is 0.303 e. The van der Waals surface area contributed by atoms with Crippen LogP contribution in [0.1, 0.15) is 63.0 Å². The first-order valence-electron chi connectivity index (χ1n) is 11.0. The third-order valence-corrected chi connectivity index (χ3v) is 5.83. The molecule has 1 aromatic heterocycles. The fourth-order valence-electron chi connectivity index (χ4n) is 4.00. The zero-order valence-electron chi connectivity index (χ0n) is 18.4. The highest BCUT2D eigenvalue weighted by Crippen LogP contribution is 2.35. The second kappa shape index (κ2) is 10.9. The van der Waals surface area contributed by atoms with Crippen LogP contribution in [0.4, 0.5) is 21.6 Å². The molecule has 1 aromatic carbocycles. The number of benzene rings is 1. The second-order valence-corrected chi connectivity index (χ2v) is 8.06. The molecule has 32 heavy (non-hydrogen) atoms. The summed E-state index contributed by atoms with van der Waals surface area (Å²) in [5.74, 6) is -1.33.